The molecular weight excluding hydrogens is 404 g/mol. The Kier molecular flexibility index (Phi) is 5.87. The first-order valence-corrected chi connectivity index (χ1v) is 10.7. The minimum atomic E-state index is -0.125. The van der Waals surface area contributed by atoms with Crippen molar-refractivity contribution in [2.24, 2.45) is 0 Å². The van der Waals surface area contributed by atoms with Crippen LogP contribution in [-0.4, -0.2) is 31.6 Å². The highest BCUT2D eigenvalue weighted by Gasteiger charge is 2.13. The van der Waals surface area contributed by atoms with Gasteiger partial charge in [-0.25, -0.2) is 4.68 Å². The SMILES string of the molecule is Cc1cc(NC(=O)CSc2nnc(Nc3ccccc3)s2)n(-c2ccccc2)n1. The van der Waals surface area contributed by atoms with Crippen LogP contribution in [0.5, 0.6) is 0 Å². The van der Waals surface area contributed by atoms with E-state index in [0.29, 0.717) is 10.9 Å². The van der Waals surface area contributed by atoms with Crippen molar-refractivity contribution >= 4 is 45.6 Å². The van der Waals surface area contributed by atoms with E-state index in [2.05, 4.69) is 25.9 Å². The van der Waals surface area contributed by atoms with Crippen molar-refractivity contribution in [3.8, 4) is 5.69 Å². The zero-order valence-corrected chi connectivity index (χ0v) is 17.2. The lowest BCUT2D eigenvalue weighted by Gasteiger charge is -2.08. The summed E-state index contributed by atoms with van der Waals surface area (Å²) in [5, 5.41) is 19.5. The number of benzene rings is 2. The standard InChI is InChI=1S/C20H18N6OS2/c1-14-12-17(26(25-14)16-10-6-3-7-11-16)22-18(27)13-28-20-24-23-19(29-20)21-15-8-4-2-5-9-15/h2-12H,13H2,1H3,(H,21,23)(H,22,27). The summed E-state index contributed by atoms with van der Waals surface area (Å²) in [4.78, 5) is 12.4. The Balaban J connectivity index is 1.36. The topological polar surface area (TPSA) is 84.7 Å². The number of rotatable bonds is 7. The summed E-state index contributed by atoms with van der Waals surface area (Å²) >= 11 is 2.76. The summed E-state index contributed by atoms with van der Waals surface area (Å²) in [6.07, 6.45) is 0. The number of aryl methyl sites for hydroxylation is 1. The first-order chi connectivity index (χ1) is 14.2. The number of nitrogens with one attached hydrogen (secondary N) is 2. The van der Waals surface area contributed by atoms with Crippen LogP contribution in [0.4, 0.5) is 16.6 Å². The van der Waals surface area contributed by atoms with E-state index < -0.39 is 0 Å². The molecule has 2 N–H and O–H groups in total. The highest BCUT2D eigenvalue weighted by Crippen LogP contribution is 2.27. The second-order valence-electron chi connectivity index (χ2n) is 6.12. The molecule has 0 saturated carbocycles. The highest BCUT2D eigenvalue weighted by molar-refractivity contribution is 8.01. The molecule has 0 aliphatic carbocycles. The van der Waals surface area contributed by atoms with Gasteiger partial charge in [-0.1, -0.05) is 59.5 Å². The molecule has 0 bridgehead atoms. The van der Waals surface area contributed by atoms with E-state index in [9.17, 15) is 4.79 Å². The number of thioether (sulfide) groups is 1. The van der Waals surface area contributed by atoms with Crippen LogP contribution in [0.3, 0.4) is 0 Å². The summed E-state index contributed by atoms with van der Waals surface area (Å²) in [7, 11) is 0. The normalized spacial score (nSPS) is 10.7. The Hall–Kier alpha value is -3.17. The average molecular weight is 423 g/mol. The number of anilines is 3. The molecule has 0 radical (unpaired) electrons. The first-order valence-electron chi connectivity index (χ1n) is 8.88. The number of aromatic nitrogens is 4. The van der Waals surface area contributed by atoms with Crippen LogP contribution >= 0.6 is 23.1 Å². The molecule has 9 heteroatoms. The predicted octanol–water partition coefficient (Wildman–Crippen LogP) is 4.51. The molecule has 1 amide bonds. The van der Waals surface area contributed by atoms with Crippen molar-refractivity contribution in [1.29, 1.82) is 0 Å². The summed E-state index contributed by atoms with van der Waals surface area (Å²) < 4.78 is 2.45. The smallest absolute Gasteiger partial charge is 0.235 e. The maximum Gasteiger partial charge on any atom is 0.235 e. The molecule has 0 aliphatic heterocycles. The van der Waals surface area contributed by atoms with Crippen LogP contribution in [0, 0.1) is 6.92 Å². The molecule has 4 rings (SSSR count). The Morgan fingerprint density at radius 1 is 1.07 bits per heavy atom. The minimum Gasteiger partial charge on any atom is -0.330 e. The van der Waals surface area contributed by atoms with Crippen LogP contribution in [0.1, 0.15) is 5.69 Å². The fraction of sp³-hybridized carbons (Fsp3) is 0.100. The third-order valence-electron chi connectivity index (χ3n) is 3.86. The summed E-state index contributed by atoms with van der Waals surface area (Å²) in [5.41, 5.74) is 2.67. The number of carbonyl (C=O) groups excluding carboxylic acids is 1. The van der Waals surface area contributed by atoms with E-state index in [0.717, 1.165) is 21.4 Å². The highest BCUT2D eigenvalue weighted by atomic mass is 32.2. The molecule has 4 aromatic rings. The Labute approximate surface area is 176 Å². The van der Waals surface area contributed by atoms with E-state index >= 15 is 0 Å². The number of carbonyl (C=O) groups is 1. The molecule has 7 nitrogen and oxygen atoms in total. The van der Waals surface area contributed by atoms with Gasteiger partial charge in [-0.15, -0.1) is 10.2 Å². The molecule has 0 fully saturated rings. The van der Waals surface area contributed by atoms with Crippen molar-refractivity contribution in [3.05, 3.63) is 72.4 Å². The van der Waals surface area contributed by atoms with Gasteiger partial charge in [-0.3, -0.25) is 4.79 Å². The molecule has 146 valence electrons. The molecule has 29 heavy (non-hydrogen) atoms. The van der Waals surface area contributed by atoms with Gasteiger partial charge in [0, 0.05) is 11.8 Å². The third kappa shape index (κ3) is 5.01. The predicted molar refractivity (Wildman–Crippen MR) is 117 cm³/mol. The lowest BCUT2D eigenvalue weighted by Crippen LogP contribution is -2.16. The second kappa shape index (κ2) is 8.89. The van der Waals surface area contributed by atoms with Crippen LogP contribution < -0.4 is 10.6 Å². The number of amides is 1. The van der Waals surface area contributed by atoms with E-state index in [1.54, 1.807) is 4.68 Å². The van der Waals surface area contributed by atoms with Gasteiger partial charge in [-0.05, 0) is 31.2 Å². The number of para-hydroxylation sites is 2. The molecule has 2 aromatic carbocycles. The molecule has 0 unspecified atom stereocenters. The maximum absolute atomic E-state index is 12.4. The van der Waals surface area contributed by atoms with E-state index in [-0.39, 0.29) is 11.7 Å². The number of hydrogen-bond donors (Lipinski definition) is 2. The lowest BCUT2D eigenvalue weighted by atomic mass is 10.3. The first kappa shape index (κ1) is 19.2. The zero-order valence-electron chi connectivity index (χ0n) is 15.6. The van der Waals surface area contributed by atoms with Gasteiger partial charge < -0.3 is 10.6 Å². The van der Waals surface area contributed by atoms with Crippen LogP contribution in [0.25, 0.3) is 5.69 Å². The van der Waals surface area contributed by atoms with Crippen molar-refractivity contribution in [2.45, 2.75) is 11.3 Å². The van der Waals surface area contributed by atoms with Crippen LogP contribution in [-0.2, 0) is 4.79 Å². The Morgan fingerprint density at radius 2 is 1.79 bits per heavy atom. The fourth-order valence-electron chi connectivity index (χ4n) is 2.62. The fourth-order valence-corrected chi connectivity index (χ4v) is 4.20. The summed E-state index contributed by atoms with van der Waals surface area (Å²) in [5.74, 6) is 0.752. The van der Waals surface area contributed by atoms with Gasteiger partial charge in [0.2, 0.25) is 11.0 Å². The zero-order chi connectivity index (χ0) is 20.1. The quantitative estimate of drug-likeness (QED) is 0.427. The van der Waals surface area contributed by atoms with Gasteiger partial charge >= 0.3 is 0 Å². The van der Waals surface area contributed by atoms with E-state index in [4.69, 9.17) is 0 Å². The van der Waals surface area contributed by atoms with Gasteiger partial charge in [0.05, 0.1) is 17.1 Å². The van der Waals surface area contributed by atoms with Crippen molar-refractivity contribution in [1.82, 2.24) is 20.0 Å². The van der Waals surface area contributed by atoms with E-state index in [1.807, 2.05) is 73.7 Å². The third-order valence-corrected chi connectivity index (χ3v) is 5.83. The monoisotopic (exact) mass is 422 g/mol. The van der Waals surface area contributed by atoms with Gasteiger partial charge in [0.25, 0.3) is 0 Å². The van der Waals surface area contributed by atoms with Crippen molar-refractivity contribution in [2.75, 3.05) is 16.4 Å². The molecular formula is C20H18N6OS2. The van der Waals surface area contributed by atoms with Crippen molar-refractivity contribution in [3.63, 3.8) is 0 Å². The molecule has 0 spiro atoms. The van der Waals surface area contributed by atoms with Crippen LogP contribution in [0.2, 0.25) is 0 Å². The van der Waals surface area contributed by atoms with Crippen LogP contribution in [0.15, 0.2) is 71.1 Å². The second-order valence-corrected chi connectivity index (χ2v) is 8.32. The number of hydrogen-bond acceptors (Lipinski definition) is 7. The van der Waals surface area contributed by atoms with Gasteiger partial charge in [-0.2, -0.15) is 5.10 Å². The summed E-state index contributed by atoms with van der Waals surface area (Å²) in [6.45, 7) is 1.90. The molecule has 2 aromatic heterocycles. The van der Waals surface area contributed by atoms with Gasteiger partial charge in [0.15, 0.2) is 4.34 Å². The molecule has 0 aliphatic rings. The van der Waals surface area contributed by atoms with Gasteiger partial charge in [0.1, 0.15) is 5.82 Å². The number of nitrogens with zero attached hydrogens (tertiary/aromatic N) is 4. The maximum atomic E-state index is 12.4. The summed E-state index contributed by atoms with van der Waals surface area (Å²) in [6, 6.07) is 21.3. The van der Waals surface area contributed by atoms with Crippen molar-refractivity contribution < 1.29 is 4.79 Å². The molecule has 0 atom stereocenters. The average Bonchev–Trinajstić information content (AvgIpc) is 3.34. The Morgan fingerprint density at radius 3 is 2.55 bits per heavy atom. The van der Waals surface area contributed by atoms with E-state index in [1.165, 1.54) is 23.1 Å². The minimum absolute atomic E-state index is 0.125. The largest absolute Gasteiger partial charge is 0.330 e. The molecule has 0 saturated heterocycles. The molecule has 2 heterocycles. The Bertz CT molecular complexity index is 1090. The lowest BCUT2D eigenvalue weighted by molar-refractivity contribution is -0.113.